The Bertz CT molecular complexity index is 2510. The van der Waals surface area contributed by atoms with Crippen molar-refractivity contribution < 1.29 is 113 Å². The summed E-state index contributed by atoms with van der Waals surface area (Å²) in [4.78, 5) is 52.3. The third-order valence-corrected chi connectivity index (χ3v) is 21.8. The maximum atomic E-state index is 13.4. The second kappa shape index (κ2) is 23.9. The van der Waals surface area contributed by atoms with Crippen molar-refractivity contribution in [2.45, 2.75) is 251 Å². The van der Waals surface area contributed by atoms with E-state index in [4.69, 9.17) is 42.6 Å². The first-order valence-electron chi connectivity index (χ1n) is 29.4. The minimum absolute atomic E-state index is 0.0191. The van der Waals surface area contributed by atoms with Crippen molar-refractivity contribution in [3.63, 3.8) is 0 Å². The number of carboxylic acids is 1. The van der Waals surface area contributed by atoms with Gasteiger partial charge in [-0.05, 0) is 124 Å². The van der Waals surface area contributed by atoms with Gasteiger partial charge in [0.25, 0.3) is 0 Å². The Hall–Kier alpha value is -3.50. The number of carboxylic acid groups (broad SMARTS) is 1. The lowest BCUT2D eigenvalue weighted by Gasteiger charge is -2.72. The van der Waals surface area contributed by atoms with E-state index in [0.29, 0.717) is 38.5 Å². The number of hydrogen-bond donors (Lipinski definition) is 10. The number of aliphatic hydroxyl groups excluding tert-OH is 9. The molecule has 3 heterocycles. The predicted octanol–water partition coefficient (Wildman–Crippen LogP) is 2.25. The Kier molecular flexibility index (Phi) is 18.8. The number of esters is 3. The van der Waals surface area contributed by atoms with Crippen LogP contribution in [0.5, 0.6) is 0 Å². The molecule has 7 fully saturated rings. The van der Waals surface area contributed by atoms with Crippen molar-refractivity contribution in [1.29, 1.82) is 0 Å². The van der Waals surface area contributed by atoms with Crippen LogP contribution in [0, 0.1) is 50.2 Å². The van der Waals surface area contributed by atoms with E-state index in [0.717, 1.165) is 5.57 Å². The lowest BCUT2D eigenvalue weighted by atomic mass is 9.33. The van der Waals surface area contributed by atoms with Gasteiger partial charge in [-0.2, -0.15) is 0 Å². The molecule has 0 amide bonds. The molecule has 0 aromatic carbocycles. The van der Waals surface area contributed by atoms with Gasteiger partial charge in [0.2, 0.25) is 0 Å². The lowest BCUT2D eigenvalue weighted by molar-refractivity contribution is -0.374. The largest absolute Gasteiger partial charge is 0.479 e. The topological polar surface area (TPSA) is 354 Å². The Balaban J connectivity index is 1.08. The summed E-state index contributed by atoms with van der Waals surface area (Å²) >= 11 is 0. The molecule has 0 bridgehead atoms. The number of fused-ring (bicyclic) bond motifs is 7. The fourth-order valence-electron chi connectivity index (χ4n) is 16.7. The molecule has 8 aliphatic rings. The molecule has 0 aromatic rings. The molecular weight excluding hydrogens is 1090 g/mol. The Morgan fingerprint density at radius 1 is 0.651 bits per heavy atom. The van der Waals surface area contributed by atoms with Crippen LogP contribution in [0.4, 0.5) is 0 Å². The third kappa shape index (κ3) is 10.9. The average Bonchev–Trinajstić information content (AvgIpc) is 0.990. The highest BCUT2D eigenvalue weighted by molar-refractivity contribution is 5.88. The molecule has 3 saturated heterocycles. The molecule has 8 rings (SSSR count). The Morgan fingerprint density at radius 2 is 1.27 bits per heavy atom. The highest BCUT2D eigenvalue weighted by atomic mass is 16.8. The number of aliphatic hydroxyl groups is 9. The molecule has 23 nitrogen and oxygen atoms in total. The lowest BCUT2D eigenvalue weighted by Crippen LogP contribution is -2.73. The molecule has 0 radical (unpaired) electrons. The van der Waals surface area contributed by atoms with Crippen LogP contribution in [-0.4, -0.2) is 205 Å². The van der Waals surface area contributed by atoms with Crippen molar-refractivity contribution in [3.8, 4) is 0 Å². The van der Waals surface area contributed by atoms with E-state index in [2.05, 4.69) is 40.7 Å². The maximum Gasteiger partial charge on any atom is 0.335 e. The zero-order valence-electron chi connectivity index (χ0n) is 50.1. The molecule has 5 aliphatic carbocycles. The summed E-state index contributed by atoms with van der Waals surface area (Å²) in [6.45, 7) is 22.6. The minimum atomic E-state index is -2.02. The van der Waals surface area contributed by atoms with Crippen LogP contribution in [0.25, 0.3) is 0 Å². The predicted molar refractivity (Wildman–Crippen MR) is 289 cm³/mol. The second-order valence-electron chi connectivity index (χ2n) is 27.0. The van der Waals surface area contributed by atoms with Gasteiger partial charge in [-0.25, -0.2) is 14.4 Å². The summed E-state index contributed by atoms with van der Waals surface area (Å²) in [6.07, 6.45) is -20.5. The quantitative estimate of drug-likeness (QED) is 0.0392. The van der Waals surface area contributed by atoms with Crippen LogP contribution in [0.15, 0.2) is 34.9 Å². The van der Waals surface area contributed by atoms with Crippen molar-refractivity contribution in [3.05, 3.63) is 34.9 Å². The molecule has 3 aliphatic heterocycles. The van der Waals surface area contributed by atoms with Gasteiger partial charge in [-0.3, -0.25) is 4.79 Å². The second-order valence-corrected chi connectivity index (χ2v) is 27.0. The van der Waals surface area contributed by atoms with Crippen molar-refractivity contribution in [2.75, 3.05) is 13.2 Å². The fourth-order valence-corrected chi connectivity index (χ4v) is 16.7. The standard InChI is InChI=1S/C60H92O23/c1-14-26(3)50(73)79-43-28(5)75-53(42(70)44(43)80-51(74)27(4)15-2)83-47-48(76-29(6)63)60(25-62)31(22-55(47,7)8)30-16-17-34-57(11)20-19-36(56(9,10)33(57)18-21-58(34,12)59(30,13)23-35(60)64)78-54-46(40(68)39(67)45(81-54)49(71)72)82-52-41(69)38(66)37(65)32(24-61)77-52/h14-16,28,31-48,52-54,61-62,64-70H,17-25H2,1-13H3,(H,71,72)/t28-,31+,32-,33+,34-,35-,36+,37-,38+,39+,40+,41-,42-,43+,44-,45+,46-,47+,48+,52+,53+,54-,57+,58-,59-,60+/m1/s1. The number of allylic oxidation sites excluding steroid dienone is 4. The average molecular weight is 1180 g/mol. The van der Waals surface area contributed by atoms with Gasteiger partial charge in [0.1, 0.15) is 61.0 Å². The van der Waals surface area contributed by atoms with E-state index in [-0.39, 0.29) is 34.8 Å². The van der Waals surface area contributed by atoms with Crippen LogP contribution in [0.3, 0.4) is 0 Å². The van der Waals surface area contributed by atoms with Crippen LogP contribution in [0.1, 0.15) is 135 Å². The summed E-state index contributed by atoms with van der Waals surface area (Å²) in [5.41, 5.74) is -3.12. The van der Waals surface area contributed by atoms with Crippen LogP contribution in [0.2, 0.25) is 0 Å². The SMILES string of the molecule is CC=C(C)C(=O)O[C@@H]1[C@@H](O)[C@H](O[C@H]2[C@H](OC(C)=O)[C@]3(CO)[C@H](O)C[C@]4(C)C(=CC[C@@H]5[C@@]6(C)CC[C@H](O[C@@H]7O[C@H](C(=O)O)[C@@H](O)[C@H](O)[C@H]7O[C@@H]7O[C@H](CO)[C@@H](O)[C@H](O)[C@H]7O)C(C)(C)[C@@H]6CC[C@]54C)[C@@H]3CC2(C)C)O[C@H](C)[C@@H]1OC(=O)C(C)=CC. The molecule has 0 unspecified atom stereocenters. The van der Waals surface area contributed by atoms with E-state index in [9.17, 15) is 70.2 Å². The number of hydrogen-bond acceptors (Lipinski definition) is 22. The van der Waals surface area contributed by atoms with Crippen molar-refractivity contribution >= 4 is 23.9 Å². The van der Waals surface area contributed by atoms with Crippen LogP contribution in [-0.2, 0) is 61.8 Å². The van der Waals surface area contributed by atoms with Gasteiger partial charge < -0.3 is 93.7 Å². The van der Waals surface area contributed by atoms with Crippen molar-refractivity contribution in [1.82, 2.24) is 0 Å². The van der Waals surface area contributed by atoms with E-state index < -0.39 is 187 Å². The van der Waals surface area contributed by atoms with E-state index in [1.165, 1.54) is 19.9 Å². The molecular formula is C60H92O23. The zero-order valence-corrected chi connectivity index (χ0v) is 50.1. The highest BCUT2D eigenvalue weighted by Gasteiger charge is 2.74. The van der Waals surface area contributed by atoms with Gasteiger partial charge in [-0.15, -0.1) is 0 Å². The fraction of sp³-hybridized carbons (Fsp3) is 0.833. The van der Waals surface area contributed by atoms with Crippen LogP contribution >= 0.6 is 0 Å². The summed E-state index contributed by atoms with van der Waals surface area (Å²) in [7, 11) is 0. The first-order valence-corrected chi connectivity index (χ1v) is 29.4. The zero-order chi connectivity index (χ0) is 61.6. The number of carbonyl (C=O) groups excluding carboxylic acids is 3. The van der Waals surface area contributed by atoms with E-state index in [1.807, 2.05) is 13.8 Å². The molecule has 4 saturated carbocycles. The smallest absolute Gasteiger partial charge is 0.335 e. The molecule has 83 heavy (non-hydrogen) atoms. The molecule has 0 spiro atoms. The van der Waals surface area contributed by atoms with Crippen molar-refractivity contribution in [2.24, 2.45) is 50.2 Å². The maximum absolute atomic E-state index is 13.4. The molecule has 26 atom stereocenters. The monoisotopic (exact) mass is 1180 g/mol. The van der Waals surface area contributed by atoms with Gasteiger partial charge in [0, 0.05) is 18.1 Å². The highest BCUT2D eigenvalue weighted by Crippen LogP contribution is 2.76. The third-order valence-electron chi connectivity index (χ3n) is 21.8. The summed E-state index contributed by atoms with van der Waals surface area (Å²) in [5, 5.41) is 111. The first-order chi connectivity index (χ1) is 38.7. The van der Waals surface area contributed by atoms with E-state index in [1.54, 1.807) is 33.8 Å². The molecule has 470 valence electrons. The number of aliphatic carboxylic acids is 1. The first kappa shape index (κ1) is 65.5. The Morgan fingerprint density at radius 3 is 1.84 bits per heavy atom. The van der Waals surface area contributed by atoms with Gasteiger partial charge in [0.05, 0.1) is 36.9 Å². The van der Waals surface area contributed by atoms with E-state index >= 15 is 0 Å². The molecule has 0 aromatic heterocycles. The summed E-state index contributed by atoms with van der Waals surface area (Å²) in [6, 6.07) is 0. The number of rotatable bonds is 14. The summed E-state index contributed by atoms with van der Waals surface area (Å²) < 4.78 is 55.2. The number of ether oxygens (including phenoxy) is 9. The van der Waals surface area contributed by atoms with Crippen LogP contribution < -0.4 is 0 Å². The summed E-state index contributed by atoms with van der Waals surface area (Å²) in [5.74, 6) is -4.34. The normalized spacial score (nSPS) is 47.8. The number of carbonyl (C=O) groups is 4. The Labute approximate surface area is 485 Å². The van der Waals surface area contributed by atoms with Gasteiger partial charge in [0.15, 0.2) is 37.2 Å². The molecule has 10 N–H and O–H groups in total. The minimum Gasteiger partial charge on any atom is -0.479 e. The van der Waals surface area contributed by atoms with Gasteiger partial charge in [-0.1, -0.05) is 72.3 Å². The molecule has 23 heteroatoms. The van der Waals surface area contributed by atoms with Gasteiger partial charge >= 0.3 is 23.9 Å².